The van der Waals surface area contributed by atoms with Crippen LogP contribution in [0.2, 0.25) is 0 Å². The van der Waals surface area contributed by atoms with E-state index in [-0.39, 0.29) is 18.4 Å². The molecule has 1 N–H and O–H groups in total. The van der Waals surface area contributed by atoms with Crippen molar-refractivity contribution in [2.45, 2.75) is 19.3 Å². The Morgan fingerprint density at radius 3 is 3.10 bits per heavy atom. The van der Waals surface area contributed by atoms with Gasteiger partial charge in [-0.3, -0.25) is 4.79 Å². The van der Waals surface area contributed by atoms with E-state index in [9.17, 15) is 9.90 Å². The number of carbonyl (C=O) groups excluding carboxylic acids is 1. The molecule has 1 aromatic carbocycles. The molecule has 4 nitrogen and oxygen atoms in total. The summed E-state index contributed by atoms with van der Waals surface area (Å²) in [5.41, 5.74) is 0. The van der Waals surface area contributed by atoms with Crippen molar-refractivity contribution in [3.63, 3.8) is 0 Å². The molecule has 20 heavy (non-hydrogen) atoms. The van der Waals surface area contributed by atoms with E-state index >= 15 is 0 Å². The summed E-state index contributed by atoms with van der Waals surface area (Å²) >= 11 is 3.38. The van der Waals surface area contributed by atoms with E-state index in [1.165, 1.54) is 0 Å². The van der Waals surface area contributed by atoms with Gasteiger partial charge in [-0.1, -0.05) is 22.0 Å². The molecule has 110 valence electrons. The molecule has 1 amide bonds. The average Bonchev–Trinajstić information content (AvgIpc) is 2.47. The van der Waals surface area contributed by atoms with Crippen molar-refractivity contribution >= 4 is 21.8 Å². The normalized spacial score (nSPS) is 18.9. The number of aliphatic hydroxyl groups excluding tert-OH is 1. The maximum absolute atomic E-state index is 12.1. The lowest BCUT2D eigenvalue weighted by Crippen LogP contribution is -2.41. The van der Waals surface area contributed by atoms with Crippen LogP contribution in [-0.4, -0.2) is 42.2 Å². The summed E-state index contributed by atoms with van der Waals surface area (Å²) in [6.07, 6.45) is 2.36. The van der Waals surface area contributed by atoms with Crippen LogP contribution in [0.3, 0.4) is 0 Å². The van der Waals surface area contributed by atoms with Crippen molar-refractivity contribution in [3.8, 4) is 5.75 Å². The summed E-state index contributed by atoms with van der Waals surface area (Å²) in [5.74, 6) is 1.11. The molecule has 2 rings (SSSR count). The van der Waals surface area contributed by atoms with Crippen molar-refractivity contribution in [3.05, 3.63) is 28.7 Å². The largest absolute Gasteiger partial charge is 0.493 e. The lowest BCUT2D eigenvalue weighted by atomic mass is 9.99. The van der Waals surface area contributed by atoms with E-state index in [1.807, 2.05) is 29.2 Å². The third kappa shape index (κ3) is 4.49. The highest BCUT2D eigenvalue weighted by Gasteiger charge is 2.22. The van der Waals surface area contributed by atoms with Crippen LogP contribution in [0.4, 0.5) is 0 Å². The number of halogens is 1. The summed E-state index contributed by atoms with van der Waals surface area (Å²) in [7, 11) is 0. The van der Waals surface area contributed by atoms with Gasteiger partial charge in [-0.2, -0.15) is 0 Å². The fourth-order valence-corrected chi connectivity index (χ4v) is 2.79. The van der Waals surface area contributed by atoms with Gasteiger partial charge in [0.2, 0.25) is 5.91 Å². The molecule has 0 spiro atoms. The van der Waals surface area contributed by atoms with Crippen molar-refractivity contribution < 1.29 is 14.6 Å². The zero-order valence-corrected chi connectivity index (χ0v) is 13.0. The average molecular weight is 342 g/mol. The predicted octanol–water partition coefficient (Wildman–Crippen LogP) is 2.45. The minimum absolute atomic E-state index is 0.109. The molecule has 1 heterocycles. The Balaban J connectivity index is 1.75. The fraction of sp³-hybridized carbons (Fsp3) is 0.533. The second-order valence-corrected chi connectivity index (χ2v) is 6.00. The lowest BCUT2D eigenvalue weighted by Gasteiger charge is -2.31. The SMILES string of the molecule is O=C(CCOc1cccc(Br)c1)N1CCCC(CO)C1. The number of piperidine rings is 1. The maximum atomic E-state index is 12.1. The van der Waals surface area contributed by atoms with Gasteiger partial charge in [0.1, 0.15) is 5.75 Å². The predicted molar refractivity (Wildman–Crippen MR) is 80.6 cm³/mol. The van der Waals surface area contributed by atoms with Crippen molar-refractivity contribution in [1.29, 1.82) is 0 Å². The molecule has 1 atom stereocenters. The molecule has 1 saturated heterocycles. The van der Waals surface area contributed by atoms with Gasteiger partial charge in [0.15, 0.2) is 0 Å². The standard InChI is InChI=1S/C15H20BrNO3/c16-13-4-1-5-14(9-13)20-8-6-15(19)17-7-2-3-12(10-17)11-18/h1,4-5,9,12,18H,2-3,6-8,10-11H2. The minimum Gasteiger partial charge on any atom is -0.493 e. The smallest absolute Gasteiger partial charge is 0.226 e. The van der Waals surface area contributed by atoms with E-state index in [1.54, 1.807) is 0 Å². The van der Waals surface area contributed by atoms with Gasteiger partial charge >= 0.3 is 0 Å². The summed E-state index contributed by atoms with van der Waals surface area (Å²) in [5, 5.41) is 9.17. The molecular weight excluding hydrogens is 322 g/mol. The number of benzene rings is 1. The number of aliphatic hydroxyl groups is 1. The number of hydrogen-bond acceptors (Lipinski definition) is 3. The summed E-state index contributed by atoms with van der Waals surface area (Å²) in [4.78, 5) is 13.9. The van der Waals surface area contributed by atoms with E-state index in [2.05, 4.69) is 15.9 Å². The molecule has 1 unspecified atom stereocenters. The van der Waals surface area contributed by atoms with E-state index < -0.39 is 0 Å². The van der Waals surface area contributed by atoms with Crippen LogP contribution >= 0.6 is 15.9 Å². The summed E-state index contributed by atoms with van der Waals surface area (Å²) in [6, 6.07) is 7.59. The van der Waals surface area contributed by atoms with Gasteiger partial charge in [0.25, 0.3) is 0 Å². The molecule has 1 aromatic rings. The Bertz CT molecular complexity index is 452. The number of hydrogen-bond donors (Lipinski definition) is 1. The summed E-state index contributed by atoms with van der Waals surface area (Å²) in [6.45, 7) is 2.02. The number of rotatable bonds is 5. The third-order valence-electron chi connectivity index (χ3n) is 3.51. The topological polar surface area (TPSA) is 49.8 Å². The molecule has 0 radical (unpaired) electrons. The highest BCUT2D eigenvalue weighted by atomic mass is 79.9. The number of likely N-dealkylation sites (tertiary alicyclic amines) is 1. The monoisotopic (exact) mass is 341 g/mol. The van der Waals surface area contributed by atoms with Crippen LogP contribution in [0, 0.1) is 5.92 Å². The van der Waals surface area contributed by atoms with Crippen LogP contribution in [0.25, 0.3) is 0 Å². The van der Waals surface area contributed by atoms with Crippen LogP contribution in [0.5, 0.6) is 5.75 Å². The van der Waals surface area contributed by atoms with Gasteiger partial charge in [0.05, 0.1) is 13.0 Å². The zero-order valence-electron chi connectivity index (χ0n) is 11.4. The third-order valence-corrected chi connectivity index (χ3v) is 4.00. The first kappa shape index (κ1) is 15.3. The number of carbonyl (C=O) groups is 1. The van der Waals surface area contributed by atoms with Gasteiger partial charge in [-0.15, -0.1) is 0 Å². The van der Waals surface area contributed by atoms with Crippen LogP contribution in [0.15, 0.2) is 28.7 Å². The van der Waals surface area contributed by atoms with Crippen LogP contribution < -0.4 is 4.74 Å². The number of nitrogens with zero attached hydrogens (tertiary/aromatic N) is 1. The summed E-state index contributed by atoms with van der Waals surface area (Å²) < 4.78 is 6.54. The Labute approximate surface area is 127 Å². The van der Waals surface area contributed by atoms with Gasteiger partial charge in [-0.25, -0.2) is 0 Å². The molecular formula is C15H20BrNO3. The van der Waals surface area contributed by atoms with Gasteiger partial charge in [-0.05, 0) is 37.0 Å². The first-order valence-electron chi connectivity index (χ1n) is 6.96. The van der Waals surface area contributed by atoms with Crippen molar-refractivity contribution in [2.24, 2.45) is 5.92 Å². The van der Waals surface area contributed by atoms with Crippen LogP contribution in [-0.2, 0) is 4.79 Å². The lowest BCUT2D eigenvalue weighted by molar-refractivity contribution is -0.133. The molecule has 1 aliphatic heterocycles. The number of amides is 1. The Morgan fingerprint density at radius 1 is 1.50 bits per heavy atom. The minimum atomic E-state index is 0.109. The highest BCUT2D eigenvalue weighted by molar-refractivity contribution is 9.10. The Kier molecular flexibility index (Phi) is 5.86. The van der Waals surface area contributed by atoms with Crippen LogP contribution in [0.1, 0.15) is 19.3 Å². The van der Waals surface area contributed by atoms with Gasteiger partial charge in [0, 0.05) is 24.2 Å². The maximum Gasteiger partial charge on any atom is 0.226 e. The molecule has 0 saturated carbocycles. The molecule has 0 aromatic heterocycles. The Hall–Kier alpha value is -1.07. The second-order valence-electron chi connectivity index (χ2n) is 5.09. The molecule has 5 heteroatoms. The Morgan fingerprint density at radius 2 is 2.35 bits per heavy atom. The first-order valence-corrected chi connectivity index (χ1v) is 7.75. The molecule has 1 aliphatic rings. The second kappa shape index (κ2) is 7.64. The van der Waals surface area contributed by atoms with E-state index in [0.29, 0.717) is 19.6 Å². The zero-order chi connectivity index (χ0) is 14.4. The van der Waals surface area contributed by atoms with Crippen molar-refractivity contribution in [2.75, 3.05) is 26.3 Å². The van der Waals surface area contributed by atoms with E-state index in [4.69, 9.17) is 4.74 Å². The highest BCUT2D eigenvalue weighted by Crippen LogP contribution is 2.19. The van der Waals surface area contributed by atoms with Gasteiger partial charge < -0.3 is 14.7 Å². The molecule has 0 aliphatic carbocycles. The fourth-order valence-electron chi connectivity index (χ4n) is 2.41. The first-order chi connectivity index (χ1) is 9.69. The number of ether oxygens (including phenoxy) is 1. The van der Waals surface area contributed by atoms with Crippen molar-refractivity contribution in [1.82, 2.24) is 4.90 Å². The quantitative estimate of drug-likeness (QED) is 0.894. The van der Waals surface area contributed by atoms with E-state index in [0.717, 1.165) is 29.6 Å². The molecule has 1 fully saturated rings. The molecule has 0 bridgehead atoms.